The van der Waals surface area contributed by atoms with E-state index in [0.717, 1.165) is 85.2 Å². The Hall–Kier alpha value is -0.0800. The molecule has 0 amide bonds. The number of hydrogen-bond donors (Lipinski definition) is 0. The molecule has 1 heterocycles. The number of hydrogen-bond acceptors (Lipinski definition) is 2. The second kappa shape index (κ2) is 7.80. The van der Waals surface area contributed by atoms with Crippen molar-refractivity contribution in [1.82, 2.24) is 0 Å². The summed E-state index contributed by atoms with van der Waals surface area (Å²) in [5.74, 6) is 8.54. The molecule has 4 rings (SSSR count). The third kappa shape index (κ3) is 3.73. The molecule has 0 aromatic carbocycles. The molecule has 1 saturated heterocycles. The topological polar surface area (TPSA) is 18.5 Å². The molecule has 1 aliphatic heterocycles. The highest BCUT2D eigenvalue weighted by atomic mass is 16.7. The van der Waals surface area contributed by atoms with Crippen LogP contribution in [-0.2, 0) is 9.47 Å². The van der Waals surface area contributed by atoms with Crippen LogP contribution >= 0.6 is 0 Å². The summed E-state index contributed by atoms with van der Waals surface area (Å²) in [5.41, 5.74) is 0.568. The summed E-state index contributed by atoms with van der Waals surface area (Å²) in [4.78, 5) is 0. The van der Waals surface area contributed by atoms with Gasteiger partial charge in [-0.1, -0.05) is 55.4 Å². The maximum Gasteiger partial charge on any atom is 0.168 e. The first-order chi connectivity index (χ1) is 13.6. The second-order valence-corrected chi connectivity index (χ2v) is 12.7. The molecular weight excluding hydrogens is 356 g/mol. The summed E-state index contributed by atoms with van der Waals surface area (Å²) in [6.07, 6.45) is 6.48. The first-order valence-electron chi connectivity index (χ1n) is 12.9. The Morgan fingerprint density at radius 2 is 1.52 bits per heavy atom. The van der Waals surface area contributed by atoms with E-state index in [1.54, 1.807) is 0 Å². The van der Waals surface area contributed by atoms with Gasteiger partial charge in [-0.2, -0.15) is 0 Å². The molecule has 0 radical (unpaired) electrons. The lowest BCUT2D eigenvalue weighted by atomic mass is 9.62. The van der Waals surface area contributed by atoms with E-state index in [4.69, 9.17) is 9.47 Å². The average molecular weight is 405 g/mol. The highest BCUT2D eigenvalue weighted by molar-refractivity contribution is 5.14. The Bertz CT molecular complexity index is 575. The minimum Gasteiger partial charge on any atom is -0.348 e. The van der Waals surface area contributed by atoms with Crippen LogP contribution in [0.25, 0.3) is 0 Å². The highest BCUT2D eigenvalue weighted by Gasteiger charge is 2.66. The van der Waals surface area contributed by atoms with E-state index in [0.29, 0.717) is 5.41 Å². The minimum absolute atomic E-state index is 0.233. The van der Waals surface area contributed by atoms with Crippen LogP contribution in [-0.4, -0.2) is 19.0 Å². The van der Waals surface area contributed by atoms with Gasteiger partial charge in [-0.25, -0.2) is 0 Å². The standard InChI is InChI=1S/C27H48O2/c1-16(2)22-15-27(28-11-12-29-27)10-9-20(22)19(7)13-21-23-14-26(8,18(5)6)25(17(3)4)24(21)23/h16-25H,9-15H2,1-8H3. The van der Waals surface area contributed by atoms with Gasteiger partial charge < -0.3 is 9.47 Å². The number of fused-ring (bicyclic) bond motifs is 1. The van der Waals surface area contributed by atoms with Crippen molar-refractivity contribution in [2.75, 3.05) is 13.2 Å². The van der Waals surface area contributed by atoms with Gasteiger partial charge in [0.2, 0.25) is 0 Å². The molecule has 3 saturated carbocycles. The molecule has 4 aliphatic rings. The van der Waals surface area contributed by atoms with Crippen LogP contribution in [0.1, 0.15) is 87.5 Å². The van der Waals surface area contributed by atoms with E-state index >= 15 is 0 Å². The van der Waals surface area contributed by atoms with Gasteiger partial charge in [0.1, 0.15) is 0 Å². The van der Waals surface area contributed by atoms with Crippen molar-refractivity contribution in [1.29, 1.82) is 0 Å². The molecule has 29 heavy (non-hydrogen) atoms. The molecule has 8 atom stereocenters. The SMILES string of the molecule is CC(C)C1CC2(CCC1C(C)CC1C3CC(C)(C(C)C)C(C(C)C)C13)OCCO2. The van der Waals surface area contributed by atoms with Crippen molar-refractivity contribution >= 4 is 0 Å². The van der Waals surface area contributed by atoms with Crippen molar-refractivity contribution in [3.8, 4) is 0 Å². The van der Waals surface area contributed by atoms with Gasteiger partial charge in [-0.05, 0) is 83.9 Å². The summed E-state index contributed by atoms with van der Waals surface area (Å²) >= 11 is 0. The molecule has 2 heteroatoms. The van der Waals surface area contributed by atoms with Crippen LogP contribution < -0.4 is 0 Å². The van der Waals surface area contributed by atoms with Gasteiger partial charge in [0.15, 0.2) is 5.79 Å². The summed E-state index contributed by atoms with van der Waals surface area (Å²) in [6.45, 7) is 21.5. The maximum atomic E-state index is 6.11. The molecule has 168 valence electrons. The molecule has 0 aromatic heterocycles. The summed E-state index contributed by atoms with van der Waals surface area (Å²) < 4.78 is 12.2. The quantitative estimate of drug-likeness (QED) is 0.473. The van der Waals surface area contributed by atoms with E-state index < -0.39 is 0 Å². The summed E-state index contributed by atoms with van der Waals surface area (Å²) in [5, 5.41) is 0. The van der Waals surface area contributed by atoms with Gasteiger partial charge >= 0.3 is 0 Å². The van der Waals surface area contributed by atoms with Gasteiger partial charge in [0.25, 0.3) is 0 Å². The zero-order valence-electron chi connectivity index (χ0n) is 20.5. The van der Waals surface area contributed by atoms with Crippen LogP contribution in [0.4, 0.5) is 0 Å². The van der Waals surface area contributed by atoms with E-state index in [1.807, 2.05) is 0 Å². The normalized spacial score (nSPS) is 44.8. The lowest BCUT2D eigenvalue weighted by Gasteiger charge is -2.46. The van der Waals surface area contributed by atoms with Crippen LogP contribution in [0.3, 0.4) is 0 Å². The maximum absolute atomic E-state index is 6.11. The Morgan fingerprint density at radius 3 is 2.07 bits per heavy atom. The molecule has 0 N–H and O–H groups in total. The smallest absolute Gasteiger partial charge is 0.168 e. The van der Waals surface area contributed by atoms with Crippen LogP contribution in [0.15, 0.2) is 0 Å². The lowest BCUT2D eigenvalue weighted by Crippen LogP contribution is -2.43. The molecule has 3 aliphatic carbocycles. The Balaban J connectivity index is 1.41. The Labute approximate surface area is 180 Å². The van der Waals surface area contributed by atoms with E-state index in [-0.39, 0.29) is 5.79 Å². The molecule has 1 spiro atoms. The molecule has 8 unspecified atom stereocenters. The van der Waals surface area contributed by atoms with Gasteiger partial charge in [-0.3, -0.25) is 0 Å². The van der Waals surface area contributed by atoms with Crippen LogP contribution in [0, 0.1) is 64.6 Å². The van der Waals surface area contributed by atoms with Crippen molar-refractivity contribution < 1.29 is 9.47 Å². The van der Waals surface area contributed by atoms with Gasteiger partial charge in [-0.15, -0.1) is 0 Å². The van der Waals surface area contributed by atoms with E-state index in [1.165, 1.54) is 19.3 Å². The zero-order chi connectivity index (χ0) is 21.1. The molecule has 0 aromatic rings. The predicted octanol–water partition coefficient (Wildman–Crippen LogP) is 7.03. The number of rotatable bonds is 6. The number of ether oxygens (including phenoxy) is 2. The van der Waals surface area contributed by atoms with Crippen molar-refractivity contribution in [2.45, 2.75) is 93.3 Å². The van der Waals surface area contributed by atoms with E-state index in [9.17, 15) is 0 Å². The molecule has 0 bridgehead atoms. The molecule has 2 nitrogen and oxygen atoms in total. The van der Waals surface area contributed by atoms with Gasteiger partial charge in [0, 0.05) is 12.8 Å². The lowest BCUT2D eigenvalue weighted by molar-refractivity contribution is -0.202. The van der Waals surface area contributed by atoms with Crippen molar-refractivity contribution in [2.24, 2.45) is 64.6 Å². The predicted molar refractivity (Wildman–Crippen MR) is 120 cm³/mol. The monoisotopic (exact) mass is 404 g/mol. The summed E-state index contributed by atoms with van der Waals surface area (Å²) in [6, 6.07) is 0. The molecular formula is C27H48O2. The highest BCUT2D eigenvalue weighted by Crippen LogP contribution is 2.72. The first kappa shape index (κ1) is 22.1. The fourth-order valence-electron chi connectivity index (χ4n) is 8.55. The molecule has 4 fully saturated rings. The summed E-state index contributed by atoms with van der Waals surface area (Å²) in [7, 11) is 0. The fraction of sp³-hybridized carbons (Fsp3) is 1.00. The largest absolute Gasteiger partial charge is 0.348 e. The Morgan fingerprint density at radius 1 is 0.862 bits per heavy atom. The van der Waals surface area contributed by atoms with E-state index in [2.05, 4.69) is 55.4 Å². The Kier molecular flexibility index (Phi) is 5.95. The third-order valence-corrected chi connectivity index (χ3v) is 10.3. The zero-order valence-corrected chi connectivity index (χ0v) is 20.5. The third-order valence-electron chi connectivity index (χ3n) is 10.3. The van der Waals surface area contributed by atoms with Crippen LogP contribution in [0.5, 0.6) is 0 Å². The fourth-order valence-corrected chi connectivity index (χ4v) is 8.55. The minimum atomic E-state index is -0.233. The van der Waals surface area contributed by atoms with Gasteiger partial charge in [0.05, 0.1) is 13.2 Å². The average Bonchev–Trinajstić information content (AvgIpc) is 2.98. The van der Waals surface area contributed by atoms with Crippen molar-refractivity contribution in [3.05, 3.63) is 0 Å². The van der Waals surface area contributed by atoms with Crippen molar-refractivity contribution in [3.63, 3.8) is 0 Å². The second-order valence-electron chi connectivity index (χ2n) is 12.7. The first-order valence-corrected chi connectivity index (χ1v) is 12.9. The van der Waals surface area contributed by atoms with Crippen LogP contribution in [0.2, 0.25) is 0 Å².